The van der Waals surface area contributed by atoms with Gasteiger partial charge in [0, 0.05) is 6.04 Å². The molecule has 1 aliphatic rings. The van der Waals surface area contributed by atoms with Crippen molar-refractivity contribution in [3.05, 3.63) is 35.9 Å². The van der Waals surface area contributed by atoms with E-state index in [1.807, 2.05) is 44.2 Å². The number of benzene rings is 1. The molecule has 6 heteroatoms. The van der Waals surface area contributed by atoms with Crippen molar-refractivity contribution in [3.63, 3.8) is 0 Å². The van der Waals surface area contributed by atoms with Gasteiger partial charge in [0.15, 0.2) is 0 Å². The standard InChI is InChI=1S/C20H31N3O3/c1-15(2)13-18(19(24)22-17-9-6-11-21-12-10-17)23-20(25)26-14-16-7-4-3-5-8-16/h3-5,7-8,15,17-18,21H,6,9-14H2,1-2H3,(H,22,24)(H,23,25)/t17?,18-/m0/s1. The molecule has 6 nitrogen and oxygen atoms in total. The zero-order valence-corrected chi connectivity index (χ0v) is 15.8. The average Bonchev–Trinajstić information content (AvgIpc) is 2.88. The van der Waals surface area contributed by atoms with Crippen molar-refractivity contribution < 1.29 is 14.3 Å². The summed E-state index contributed by atoms with van der Waals surface area (Å²) in [5.74, 6) is 0.165. The number of nitrogens with one attached hydrogen (secondary N) is 3. The summed E-state index contributed by atoms with van der Waals surface area (Å²) in [6, 6.07) is 9.08. The largest absolute Gasteiger partial charge is 0.445 e. The predicted octanol–water partition coefficient (Wildman–Crippen LogP) is 2.59. The molecule has 1 heterocycles. The van der Waals surface area contributed by atoms with E-state index in [2.05, 4.69) is 16.0 Å². The molecule has 0 radical (unpaired) electrons. The molecule has 144 valence electrons. The van der Waals surface area contributed by atoms with Crippen molar-refractivity contribution in [2.45, 2.75) is 58.2 Å². The van der Waals surface area contributed by atoms with Crippen LogP contribution in [0.15, 0.2) is 30.3 Å². The van der Waals surface area contributed by atoms with Gasteiger partial charge >= 0.3 is 6.09 Å². The molecule has 1 aromatic carbocycles. The normalized spacial score (nSPS) is 18.7. The quantitative estimate of drug-likeness (QED) is 0.697. The molecule has 2 amide bonds. The van der Waals surface area contributed by atoms with Crippen LogP contribution in [0, 0.1) is 5.92 Å². The summed E-state index contributed by atoms with van der Waals surface area (Å²) < 4.78 is 5.26. The summed E-state index contributed by atoms with van der Waals surface area (Å²) in [5, 5.41) is 9.16. The fraction of sp³-hybridized carbons (Fsp3) is 0.600. The highest BCUT2D eigenvalue weighted by molar-refractivity contribution is 5.85. The zero-order valence-electron chi connectivity index (χ0n) is 15.8. The zero-order chi connectivity index (χ0) is 18.8. The second-order valence-electron chi connectivity index (χ2n) is 7.27. The van der Waals surface area contributed by atoms with Crippen LogP contribution in [0.1, 0.15) is 45.1 Å². The SMILES string of the molecule is CC(C)C[C@H](NC(=O)OCc1ccccc1)C(=O)NC1CCCNCC1. The second-order valence-corrected chi connectivity index (χ2v) is 7.27. The summed E-state index contributed by atoms with van der Waals surface area (Å²) in [7, 11) is 0. The van der Waals surface area contributed by atoms with Crippen molar-refractivity contribution in [1.82, 2.24) is 16.0 Å². The van der Waals surface area contributed by atoms with E-state index in [-0.39, 0.29) is 24.5 Å². The molecule has 1 aromatic rings. The lowest BCUT2D eigenvalue weighted by Gasteiger charge is -2.23. The van der Waals surface area contributed by atoms with Crippen molar-refractivity contribution >= 4 is 12.0 Å². The minimum absolute atomic E-state index is 0.123. The molecule has 3 N–H and O–H groups in total. The lowest BCUT2D eigenvalue weighted by Crippen LogP contribution is -2.50. The lowest BCUT2D eigenvalue weighted by atomic mass is 10.0. The molecule has 1 aliphatic heterocycles. The Bertz CT molecular complexity index is 555. The highest BCUT2D eigenvalue weighted by Crippen LogP contribution is 2.09. The summed E-state index contributed by atoms with van der Waals surface area (Å²) >= 11 is 0. The molecule has 26 heavy (non-hydrogen) atoms. The second kappa shape index (κ2) is 10.8. The fourth-order valence-electron chi connectivity index (χ4n) is 3.08. The van der Waals surface area contributed by atoms with Gasteiger partial charge in [-0.05, 0) is 50.3 Å². The first-order chi connectivity index (χ1) is 12.5. The number of amides is 2. The molecule has 0 aliphatic carbocycles. The summed E-state index contributed by atoms with van der Waals surface area (Å²) in [5.41, 5.74) is 0.915. The summed E-state index contributed by atoms with van der Waals surface area (Å²) in [6.45, 7) is 6.16. The van der Waals surface area contributed by atoms with Crippen LogP contribution >= 0.6 is 0 Å². The van der Waals surface area contributed by atoms with Gasteiger partial charge in [0.25, 0.3) is 0 Å². The van der Waals surface area contributed by atoms with Crippen molar-refractivity contribution in [3.8, 4) is 0 Å². The van der Waals surface area contributed by atoms with E-state index >= 15 is 0 Å². The molecule has 0 saturated carbocycles. The van der Waals surface area contributed by atoms with E-state index in [1.165, 1.54) is 0 Å². The Kier molecular flexibility index (Phi) is 8.41. The van der Waals surface area contributed by atoms with Gasteiger partial charge in [-0.25, -0.2) is 4.79 Å². The van der Waals surface area contributed by atoms with Gasteiger partial charge in [0.2, 0.25) is 5.91 Å². The highest BCUT2D eigenvalue weighted by atomic mass is 16.5. The Labute approximate surface area is 156 Å². The van der Waals surface area contributed by atoms with Crippen LogP contribution in [0.2, 0.25) is 0 Å². The molecule has 1 fully saturated rings. The van der Waals surface area contributed by atoms with E-state index in [4.69, 9.17) is 4.74 Å². The molecule has 0 bridgehead atoms. The number of hydrogen-bond acceptors (Lipinski definition) is 4. The van der Waals surface area contributed by atoms with Crippen molar-refractivity contribution in [1.29, 1.82) is 0 Å². The van der Waals surface area contributed by atoms with Crippen LogP contribution in [0.4, 0.5) is 4.79 Å². The first-order valence-electron chi connectivity index (χ1n) is 9.53. The van der Waals surface area contributed by atoms with Crippen molar-refractivity contribution in [2.24, 2.45) is 5.92 Å². The van der Waals surface area contributed by atoms with Gasteiger partial charge in [0.05, 0.1) is 0 Å². The first-order valence-corrected chi connectivity index (χ1v) is 9.53. The van der Waals surface area contributed by atoms with E-state index in [1.54, 1.807) is 0 Å². The van der Waals surface area contributed by atoms with Gasteiger partial charge < -0.3 is 20.7 Å². The number of alkyl carbamates (subject to hydrolysis) is 1. The van der Waals surface area contributed by atoms with Gasteiger partial charge in [0.1, 0.15) is 12.6 Å². The fourth-order valence-corrected chi connectivity index (χ4v) is 3.08. The summed E-state index contributed by atoms with van der Waals surface area (Å²) in [6.07, 6.45) is 2.95. The monoisotopic (exact) mass is 361 g/mol. The number of rotatable bonds is 7. The topological polar surface area (TPSA) is 79.5 Å². The minimum atomic E-state index is -0.575. The minimum Gasteiger partial charge on any atom is -0.445 e. The lowest BCUT2D eigenvalue weighted by molar-refractivity contribution is -0.124. The first kappa shape index (κ1) is 20.2. The average molecular weight is 361 g/mol. The molecule has 0 aromatic heterocycles. The van der Waals surface area contributed by atoms with Crippen LogP contribution in [-0.2, 0) is 16.1 Å². The van der Waals surface area contributed by atoms with Gasteiger partial charge in [-0.3, -0.25) is 4.79 Å². The van der Waals surface area contributed by atoms with Gasteiger partial charge in [-0.2, -0.15) is 0 Å². The molecule has 2 atom stereocenters. The molecule has 1 saturated heterocycles. The van der Waals surface area contributed by atoms with Crippen LogP contribution in [0.5, 0.6) is 0 Å². The third-order valence-electron chi connectivity index (χ3n) is 4.45. The maximum atomic E-state index is 12.7. The number of hydrogen-bond donors (Lipinski definition) is 3. The molecular weight excluding hydrogens is 330 g/mol. The van der Waals surface area contributed by atoms with E-state index in [0.717, 1.165) is 37.9 Å². The van der Waals surface area contributed by atoms with Crippen LogP contribution in [0.25, 0.3) is 0 Å². The Morgan fingerprint density at radius 2 is 1.96 bits per heavy atom. The smallest absolute Gasteiger partial charge is 0.408 e. The Morgan fingerprint density at radius 1 is 1.19 bits per heavy atom. The Hall–Kier alpha value is -2.08. The van der Waals surface area contributed by atoms with Crippen LogP contribution in [-0.4, -0.2) is 37.2 Å². The van der Waals surface area contributed by atoms with Crippen molar-refractivity contribution in [2.75, 3.05) is 13.1 Å². The molecule has 1 unspecified atom stereocenters. The third kappa shape index (κ3) is 7.44. The van der Waals surface area contributed by atoms with Gasteiger partial charge in [-0.15, -0.1) is 0 Å². The maximum absolute atomic E-state index is 12.7. The van der Waals surface area contributed by atoms with Gasteiger partial charge in [-0.1, -0.05) is 44.2 Å². The third-order valence-corrected chi connectivity index (χ3v) is 4.45. The Morgan fingerprint density at radius 3 is 2.69 bits per heavy atom. The molecular formula is C20H31N3O3. The number of ether oxygens (including phenoxy) is 1. The molecule has 2 rings (SSSR count). The predicted molar refractivity (Wildman–Crippen MR) is 102 cm³/mol. The summed E-state index contributed by atoms with van der Waals surface area (Å²) in [4.78, 5) is 24.8. The van der Waals surface area contributed by atoms with E-state index in [9.17, 15) is 9.59 Å². The highest BCUT2D eigenvalue weighted by Gasteiger charge is 2.25. The van der Waals surface area contributed by atoms with E-state index in [0.29, 0.717) is 6.42 Å². The van der Waals surface area contributed by atoms with Crippen LogP contribution in [0.3, 0.4) is 0 Å². The molecule has 0 spiro atoms. The van der Waals surface area contributed by atoms with E-state index < -0.39 is 12.1 Å². The number of carbonyl (C=O) groups excluding carboxylic acids is 2. The number of carbonyl (C=O) groups is 2. The van der Waals surface area contributed by atoms with Crippen LogP contribution < -0.4 is 16.0 Å². The maximum Gasteiger partial charge on any atom is 0.408 e. The Balaban J connectivity index is 1.86.